The first-order valence-electron chi connectivity index (χ1n) is 28.5. The number of carbonyl (C=O) groups is 5. The van der Waals surface area contributed by atoms with Crippen molar-refractivity contribution in [3.05, 3.63) is 215 Å². The highest BCUT2D eigenvalue weighted by atomic mass is 19.1. The Kier molecular flexibility index (Phi) is 18.1. The molecule has 13 atom stereocenters. The molecular weight excluding hydrogens is 1050 g/mol. The first-order chi connectivity index (χ1) is 39.7. The molecule has 0 radical (unpaired) electrons. The molecule has 10 rings (SSSR count). The van der Waals surface area contributed by atoms with Gasteiger partial charge < -0.3 is 43.0 Å². The third-order valence-electron chi connectivity index (χ3n) is 17.1. The van der Waals surface area contributed by atoms with Crippen LogP contribution < -0.4 is 0 Å². The lowest BCUT2D eigenvalue weighted by Crippen LogP contribution is -2.54. The molecule has 0 aromatic heterocycles. The highest BCUT2D eigenvalue weighted by Gasteiger charge is 2.66. The summed E-state index contributed by atoms with van der Waals surface area (Å²) in [6, 6.07) is 46.5. The summed E-state index contributed by atoms with van der Waals surface area (Å²) in [6.45, 7) is 5.37. The van der Waals surface area contributed by atoms with Crippen molar-refractivity contribution in [1.82, 2.24) is 0 Å². The van der Waals surface area contributed by atoms with Crippen LogP contribution in [0.15, 0.2) is 170 Å². The number of benzene rings is 6. The Balaban J connectivity index is 1.00. The van der Waals surface area contributed by atoms with Crippen LogP contribution in [0, 0.1) is 23.1 Å². The van der Waals surface area contributed by atoms with E-state index in [4.69, 9.17) is 37.9 Å². The molecule has 0 bridgehead atoms. The largest absolute Gasteiger partial charge is 0.462 e. The minimum Gasteiger partial charge on any atom is -0.462 e. The van der Waals surface area contributed by atoms with Crippen LogP contribution in [0.25, 0.3) is 0 Å². The topological polar surface area (TPSA) is 183 Å². The summed E-state index contributed by atoms with van der Waals surface area (Å²) in [6.07, 6.45) is -6.14. The van der Waals surface area contributed by atoms with E-state index in [-0.39, 0.29) is 64.9 Å². The Bertz CT molecular complexity index is 3150. The fraction of sp³-hybridized carbons (Fsp3) is 0.388. The maximum Gasteiger partial charge on any atom is 0.338 e. The summed E-state index contributed by atoms with van der Waals surface area (Å²) in [5.74, 6) is -3.23. The minimum atomic E-state index is -1.88. The van der Waals surface area contributed by atoms with Gasteiger partial charge in [-0.2, -0.15) is 0 Å². The van der Waals surface area contributed by atoms with Gasteiger partial charge in [-0.1, -0.05) is 117 Å². The molecule has 2 saturated carbocycles. The lowest BCUT2D eigenvalue weighted by Gasteiger charge is -2.51. The molecule has 0 spiro atoms. The second kappa shape index (κ2) is 25.7. The van der Waals surface area contributed by atoms with Gasteiger partial charge in [0.15, 0.2) is 30.4 Å². The van der Waals surface area contributed by atoms with Crippen molar-refractivity contribution >= 4 is 29.8 Å². The highest BCUT2D eigenvalue weighted by Crippen LogP contribution is 2.62. The Morgan fingerprint density at radius 2 is 1.10 bits per heavy atom. The van der Waals surface area contributed by atoms with Crippen LogP contribution in [0.1, 0.15) is 141 Å². The van der Waals surface area contributed by atoms with Crippen LogP contribution in [0.5, 0.6) is 0 Å². The first-order valence-corrected chi connectivity index (χ1v) is 28.5. The molecule has 1 heterocycles. The maximum atomic E-state index is 14.5. The number of fused-ring (bicyclic) bond motifs is 5. The van der Waals surface area contributed by atoms with Crippen molar-refractivity contribution in [3.8, 4) is 0 Å². The van der Waals surface area contributed by atoms with Crippen molar-refractivity contribution in [3.63, 3.8) is 0 Å². The van der Waals surface area contributed by atoms with Crippen LogP contribution in [0.3, 0.4) is 0 Å². The van der Waals surface area contributed by atoms with Gasteiger partial charge in [-0.3, -0.25) is 0 Å². The van der Waals surface area contributed by atoms with Crippen LogP contribution in [0.4, 0.5) is 4.39 Å². The zero-order chi connectivity index (χ0) is 57.4. The smallest absolute Gasteiger partial charge is 0.338 e. The number of ether oxygens (including phenoxy) is 8. The summed E-state index contributed by atoms with van der Waals surface area (Å²) in [7, 11) is 0. The highest BCUT2D eigenvalue weighted by molar-refractivity contribution is 5.92. The van der Waals surface area contributed by atoms with Crippen molar-refractivity contribution in [2.45, 2.75) is 139 Å². The van der Waals surface area contributed by atoms with E-state index in [2.05, 4.69) is 6.92 Å². The van der Waals surface area contributed by atoms with Crippen molar-refractivity contribution < 1.29 is 71.4 Å². The van der Waals surface area contributed by atoms with Crippen LogP contribution >= 0.6 is 0 Å². The Hall–Kier alpha value is -7.56. The number of aryl methyl sites for hydroxylation is 1. The maximum absolute atomic E-state index is 14.5. The molecular formula is C67H69FO14. The van der Waals surface area contributed by atoms with Crippen molar-refractivity contribution in [1.29, 1.82) is 0 Å². The Labute approximate surface area is 477 Å². The summed E-state index contributed by atoms with van der Waals surface area (Å²) >= 11 is 0. The summed E-state index contributed by atoms with van der Waals surface area (Å²) in [4.78, 5) is 70.4. The third-order valence-corrected chi connectivity index (χ3v) is 17.1. The molecule has 6 aromatic carbocycles. The number of aliphatic hydroxyl groups is 1. The Morgan fingerprint density at radius 3 is 1.65 bits per heavy atom. The van der Waals surface area contributed by atoms with E-state index in [1.165, 1.54) is 5.56 Å². The molecule has 1 saturated heterocycles. The van der Waals surface area contributed by atoms with E-state index in [1.54, 1.807) is 171 Å². The normalized spacial score (nSPS) is 24.5. The van der Waals surface area contributed by atoms with Crippen LogP contribution in [-0.4, -0.2) is 96.4 Å². The molecule has 6 aromatic rings. The molecule has 0 amide bonds. The molecule has 15 heteroatoms. The fourth-order valence-electron chi connectivity index (χ4n) is 12.8. The van der Waals surface area contributed by atoms with E-state index in [1.807, 2.05) is 13.0 Å². The average Bonchev–Trinajstić information content (AvgIpc) is 3.43. The molecule has 13 unspecified atom stereocenters. The SMILES string of the molecule is CCCC(OC(=O)c1ccccc1)C(OC1OC1(C)C(OC(=O)c1ccccc1)C(CCOC(=O)c1ccccc1)OC(=O)c1ccccc1)C(OC(=O)c1ccccc1)C(O)OC1CCC2C3CCc4cc(F)ccc4C3CCC12C. The quantitative estimate of drug-likeness (QED) is 0.0277. The van der Waals surface area contributed by atoms with Gasteiger partial charge >= 0.3 is 29.8 Å². The van der Waals surface area contributed by atoms with Crippen molar-refractivity contribution in [2.24, 2.45) is 17.3 Å². The van der Waals surface area contributed by atoms with Crippen LogP contribution in [0.2, 0.25) is 0 Å². The molecule has 82 heavy (non-hydrogen) atoms. The molecule has 3 aliphatic carbocycles. The number of halogens is 1. The number of rotatable bonds is 23. The van der Waals surface area contributed by atoms with Gasteiger partial charge in [0.05, 0.1) is 40.5 Å². The molecule has 4 aliphatic rings. The molecule has 1 aliphatic heterocycles. The number of aliphatic hydroxyl groups excluding tert-OH is 1. The van der Waals surface area contributed by atoms with Crippen molar-refractivity contribution in [2.75, 3.05) is 6.61 Å². The van der Waals surface area contributed by atoms with Crippen LogP contribution in [-0.2, 0) is 44.3 Å². The van der Waals surface area contributed by atoms with E-state index in [9.17, 15) is 33.5 Å². The number of hydrogen-bond donors (Lipinski definition) is 1. The molecule has 428 valence electrons. The zero-order valence-corrected chi connectivity index (χ0v) is 46.2. The first kappa shape index (κ1) is 57.7. The predicted molar refractivity (Wildman–Crippen MR) is 299 cm³/mol. The molecule has 1 N–H and O–H groups in total. The predicted octanol–water partition coefficient (Wildman–Crippen LogP) is 11.8. The summed E-state index contributed by atoms with van der Waals surface area (Å²) in [5.41, 5.74) is 1.17. The minimum absolute atomic E-state index is 0.132. The molecule has 3 fully saturated rings. The average molecular weight is 1120 g/mol. The standard InChI is InChI=1S/C67H69FO14/c1-4-20-53(76-60(70)43-23-12-6-13-24-43)56(57(79-62(72)45-27-16-8-17-28-45)64(74)78-55-36-35-52-51-33-31-47-41-48(68)32-34-49(47)50(51)37-39-66(52,55)2)80-65-67(3,82-65)58(81-63(73)46-29-18-9-19-30-46)54(77-61(71)44-25-14-7-15-26-44)38-40-75-59(69)42-21-10-5-11-22-42/h5-19,21-30,32,34,41,50-58,64-65,74H,4,20,31,33,35-40H2,1-3H3. The van der Waals surface area contributed by atoms with Gasteiger partial charge in [-0.15, -0.1) is 0 Å². The molecule has 14 nitrogen and oxygen atoms in total. The fourth-order valence-corrected chi connectivity index (χ4v) is 12.8. The van der Waals surface area contributed by atoms with Gasteiger partial charge in [0.1, 0.15) is 24.1 Å². The summed E-state index contributed by atoms with van der Waals surface area (Å²) < 4.78 is 65.9. The van der Waals surface area contributed by atoms with Gasteiger partial charge in [-0.05, 0) is 159 Å². The van der Waals surface area contributed by atoms with E-state index >= 15 is 0 Å². The van der Waals surface area contributed by atoms with Gasteiger partial charge in [0.2, 0.25) is 0 Å². The van der Waals surface area contributed by atoms with E-state index < -0.39 is 90.1 Å². The third kappa shape index (κ3) is 12.9. The Morgan fingerprint density at radius 1 is 0.585 bits per heavy atom. The van der Waals surface area contributed by atoms with Gasteiger partial charge in [0.25, 0.3) is 0 Å². The monoisotopic (exact) mass is 1120 g/mol. The number of esters is 5. The second-order valence-electron chi connectivity index (χ2n) is 22.3. The zero-order valence-electron chi connectivity index (χ0n) is 46.2. The number of epoxide rings is 1. The number of hydrogen-bond acceptors (Lipinski definition) is 14. The van der Waals surface area contributed by atoms with Gasteiger partial charge in [-0.25, -0.2) is 28.4 Å². The number of carbonyl (C=O) groups excluding carboxylic acids is 5. The van der Waals surface area contributed by atoms with Gasteiger partial charge in [0, 0.05) is 6.42 Å². The lowest BCUT2D eigenvalue weighted by molar-refractivity contribution is -0.249. The second-order valence-corrected chi connectivity index (χ2v) is 22.3. The van der Waals surface area contributed by atoms with E-state index in [0.717, 1.165) is 37.7 Å². The lowest BCUT2D eigenvalue weighted by atomic mass is 9.55. The van der Waals surface area contributed by atoms with E-state index in [0.29, 0.717) is 18.8 Å². The summed E-state index contributed by atoms with van der Waals surface area (Å²) in [5, 5.41) is 12.9.